The second-order valence-corrected chi connectivity index (χ2v) is 7.66. The molecule has 0 radical (unpaired) electrons. The Labute approximate surface area is 121 Å². The van der Waals surface area contributed by atoms with Gasteiger partial charge in [0, 0.05) is 32.2 Å². The third kappa shape index (κ3) is 3.33. The van der Waals surface area contributed by atoms with Crippen LogP contribution in [0.4, 0.5) is 0 Å². The van der Waals surface area contributed by atoms with Gasteiger partial charge >= 0.3 is 0 Å². The van der Waals surface area contributed by atoms with Gasteiger partial charge in [-0.05, 0) is 26.7 Å². The summed E-state index contributed by atoms with van der Waals surface area (Å²) in [7, 11) is -3.46. The molecule has 2 saturated heterocycles. The van der Waals surface area contributed by atoms with Crippen LogP contribution < -0.4 is 0 Å². The molecule has 3 atom stereocenters. The Hall–Kier alpha value is -0.210. The first-order chi connectivity index (χ1) is 9.40. The van der Waals surface area contributed by atoms with E-state index in [1.165, 1.54) is 4.31 Å². The first-order valence-electron chi connectivity index (χ1n) is 7.29. The van der Waals surface area contributed by atoms with Gasteiger partial charge in [-0.1, -0.05) is 0 Å². The van der Waals surface area contributed by atoms with E-state index in [0.29, 0.717) is 45.6 Å². The van der Waals surface area contributed by atoms with Crippen LogP contribution in [0.15, 0.2) is 0 Å². The van der Waals surface area contributed by atoms with Gasteiger partial charge in [-0.25, -0.2) is 8.42 Å². The largest absolute Gasteiger partial charge is 0.391 e. The smallest absolute Gasteiger partial charge is 0.217 e. The summed E-state index contributed by atoms with van der Waals surface area (Å²) in [6, 6.07) is -0.366. The van der Waals surface area contributed by atoms with E-state index in [2.05, 4.69) is 0 Å². The van der Waals surface area contributed by atoms with E-state index in [0.717, 1.165) is 0 Å². The maximum atomic E-state index is 12.7. The molecule has 2 fully saturated rings. The van der Waals surface area contributed by atoms with E-state index in [4.69, 9.17) is 9.47 Å². The Morgan fingerprint density at radius 3 is 2.85 bits per heavy atom. The van der Waals surface area contributed by atoms with Crippen LogP contribution in [-0.4, -0.2) is 67.7 Å². The summed E-state index contributed by atoms with van der Waals surface area (Å²) in [6.07, 6.45) is 1.38. The van der Waals surface area contributed by atoms with Crippen LogP contribution in [0.2, 0.25) is 0 Å². The molecule has 0 aromatic rings. The Morgan fingerprint density at radius 1 is 1.50 bits per heavy atom. The number of rotatable bonds is 5. The highest BCUT2D eigenvalue weighted by molar-refractivity contribution is 7.89. The van der Waals surface area contributed by atoms with Crippen molar-refractivity contribution in [2.75, 3.05) is 32.1 Å². The van der Waals surface area contributed by atoms with Crippen LogP contribution in [0, 0.1) is 0 Å². The van der Waals surface area contributed by atoms with Crippen LogP contribution in [0.3, 0.4) is 0 Å². The molecule has 0 bridgehead atoms. The molecule has 2 heterocycles. The number of hydrogen-bond donors (Lipinski definition) is 1. The minimum absolute atomic E-state index is 0.0646. The van der Waals surface area contributed by atoms with E-state index in [-0.39, 0.29) is 11.8 Å². The number of sulfonamides is 1. The van der Waals surface area contributed by atoms with Crippen LogP contribution in [-0.2, 0) is 19.5 Å². The summed E-state index contributed by atoms with van der Waals surface area (Å²) in [4.78, 5) is 0. The van der Waals surface area contributed by atoms with Crippen LogP contribution in [0.25, 0.3) is 0 Å². The lowest BCUT2D eigenvalue weighted by molar-refractivity contribution is -0.0280. The summed E-state index contributed by atoms with van der Waals surface area (Å²) in [5.41, 5.74) is -0.726. The number of hydrogen-bond acceptors (Lipinski definition) is 5. The average molecular weight is 307 g/mol. The molecule has 0 aromatic heterocycles. The van der Waals surface area contributed by atoms with Crippen molar-refractivity contribution < 1.29 is 23.0 Å². The fraction of sp³-hybridized carbons (Fsp3) is 1.00. The van der Waals surface area contributed by atoms with E-state index in [1.807, 2.05) is 6.92 Å². The van der Waals surface area contributed by atoms with Crippen LogP contribution >= 0.6 is 0 Å². The van der Waals surface area contributed by atoms with E-state index in [1.54, 1.807) is 6.92 Å². The molecule has 0 aliphatic carbocycles. The second-order valence-electron chi connectivity index (χ2n) is 5.74. The molecule has 1 N–H and O–H groups in total. The zero-order valence-corrected chi connectivity index (χ0v) is 13.1. The topological polar surface area (TPSA) is 76.1 Å². The molecule has 7 heteroatoms. The molecule has 2 aliphatic heterocycles. The fourth-order valence-corrected chi connectivity index (χ4v) is 5.26. The van der Waals surface area contributed by atoms with Crippen LogP contribution in [0.5, 0.6) is 0 Å². The van der Waals surface area contributed by atoms with Gasteiger partial charge in [-0.15, -0.1) is 0 Å². The summed E-state index contributed by atoms with van der Waals surface area (Å²) in [5, 5.41) is 9.88. The quantitative estimate of drug-likeness (QED) is 0.793. The normalized spacial score (nSPS) is 36.4. The lowest BCUT2D eigenvalue weighted by Gasteiger charge is -2.38. The number of ether oxygens (including phenoxy) is 2. The van der Waals surface area contributed by atoms with Gasteiger partial charge in [-0.3, -0.25) is 0 Å². The fourth-order valence-electron chi connectivity index (χ4n) is 3.06. The molecule has 0 spiro atoms. The monoisotopic (exact) mass is 307 g/mol. The van der Waals surface area contributed by atoms with Crippen molar-refractivity contribution in [3.05, 3.63) is 0 Å². The van der Waals surface area contributed by atoms with Gasteiger partial charge in [-0.2, -0.15) is 4.31 Å². The van der Waals surface area contributed by atoms with E-state index in [9.17, 15) is 13.5 Å². The Balaban J connectivity index is 2.13. The Bertz CT molecular complexity index is 418. The highest BCUT2D eigenvalue weighted by atomic mass is 32.2. The number of piperidine rings is 1. The van der Waals surface area contributed by atoms with Gasteiger partial charge in [0.15, 0.2) is 0 Å². The van der Waals surface area contributed by atoms with Crippen molar-refractivity contribution in [2.45, 2.75) is 50.9 Å². The van der Waals surface area contributed by atoms with E-state index < -0.39 is 21.7 Å². The van der Waals surface area contributed by atoms with Crippen molar-refractivity contribution in [1.82, 2.24) is 4.31 Å². The SMILES string of the molecule is CCOC1(CS(=O)(=O)N2CCCC(O)C2C)CCOC1. The molecular weight excluding hydrogens is 282 g/mol. The molecule has 2 rings (SSSR count). The van der Waals surface area contributed by atoms with Gasteiger partial charge < -0.3 is 14.6 Å². The lowest BCUT2D eigenvalue weighted by Crippen LogP contribution is -2.53. The van der Waals surface area contributed by atoms with Gasteiger partial charge in [0.25, 0.3) is 0 Å². The molecule has 6 nitrogen and oxygen atoms in total. The maximum absolute atomic E-state index is 12.7. The van der Waals surface area contributed by atoms with Crippen molar-refractivity contribution >= 4 is 10.0 Å². The molecule has 20 heavy (non-hydrogen) atoms. The van der Waals surface area contributed by atoms with Gasteiger partial charge in [0.1, 0.15) is 5.60 Å². The number of nitrogens with zero attached hydrogens (tertiary/aromatic N) is 1. The van der Waals surface area contributed by atoms with Gasteiger partial charge in [0.2, 0.25) is 10.0 Å². The van der Waals surface area contributed by atoms with Crippen LogP contribution in [0.1, 0.15) is 33.1 Å². The molecular formula is C13H25NO5S. The highest BCUT2D eigenvalue weighted by Gasteiger charge is 2.44. The molecule has 0 amide bonds. The highest BCUT2D eigenvalue weighted by Crippen LogP contribution is 2.29. The first-order valence-corrected chi connectivity index (χ1v) is 8.90. The Morgan fingerprint density at radius 2 is 2.25 bits per heavy atom. The molecule has 0 saturated carbocycles. The third-order valence-electron chi connectivity index (χ3n) is 4.21. The maximum Gasteiger partial charge on any atom is 0.217 e. The zero-order chi connectivity index (χ0) is 14.8. The minimum atomic E-state index is -3.46. The predicted octanol–water partition coefficient (Wildman–Crippen LogP) is 0.357. The van der Waals surface area contributed by atoms with E-state index >= 15 is 0 Å². The Kier molecular flexibility index (Phi) is 5.07. The molecule has 3 unspecified atom stereocenters. The van der Waals surface area contributed by atoms with Gasteiger partial charge in [0.05, 0.1) is 18.5 Å². The van der Waals surface area contributed by atoms with Crippen molar-refractivity contribution in [3.8, 4) is 0 Å². The lowest BCUT2D eigenvalue weighted by atomic mass is 10.0. The average Bonchev–Trinajstić information content (AvgIpc) is 2.80. The first kappa shape index (κ1) is 16.2. The van der Waals surface area contributed by atoms with Crippen molar-refractivity contribution in [2.24, 2.45) is 0 Å². The summed E-state index contributed by atoms with van der Waals surface area (Å²) in [5.74, 6) is -0.0646. The third-order valence-corrected chi connectivity index (χ3v) is 6.33. The molecule has 2 aliphatic rings. The second kappa shape index (κ2) is 6.27. The van der Waals surface area contributed by atoms with Crippen molar-refractivity contribution in [3.63, 3.8) is 0 Å². The minimum Gasteiger partial charge on any atom is -0.391 e. The number of aliphatic hydroxyl groups excluding tert-OH is 1. The summed E-state index contributed by atoms with van der Waals surface area (Å²) >= 11 is 0. The summed E-state index contributed by atoms with van der Waals surface area (Å²) in [6.45, 7) is 5.43. The van der Waals surface area contributed by atoms with Crippen molar-refractivity contribution in [1.29, 1.82) is 0 Å². The molecule has 118 valence electrons. The standard InChI is InChI=1S/C13H25NO5S/c1-3-19-13(6-8-18-9-13)10-20(16,17)14-7-4-5-12(15)11(14)2/h11-12,15H,3-10H2,1-2H3. The number of aliphatic hydroxyl groups is 1. The predicted molar refractivity (Wildman–Crippen MR) is 75.0 cm³/mol. The molecule has 0 aromatic carbocycles. The zero-order valence-electron chi connectivity index (χ0n) is 12.2. The summed E-state index contributed by atoms with van der Waals surface area (Å²) < 4.78 is 37.8.